The molecule has 0 bridgehead atoms. The number of allylic oxidation sites excluding steroid dienone is 1. The average Bonchev–Trinajstić information content (AvgIpc) is 2.67. The zero-order chi connectivity index (χ0) is 12.4. The Bertz CT molecular complexity index is 503. The zero-order valence-corrected chi connectivity index (χ0v) is 9.99. The van der Waals surface area contributed by atoms with Gasteiger partial charge in [-0.05, 0) is 31.1 Å². The van der Waals surface area contributed by atoms with Gasteiger partial charge in [0.05, 0.1) is 5.92 Å². The van der Waals surface area contributed by atoms with E-state index < -0.39 is 0 Å². The standard InChI is InChI=1S/C14H15NO2/c1-3-15-14(17)9(2)12-8-13(16)11-7-5-4-6-10(11)12/h4-9H,3H2,1-2H3,(H,15,17). The summed E-state index contributed by atoms with van der Waals surface area (Å²) in [4.78, 5) is 23.5. The average molecular weight is 229 g/mol. The molecule has 1 amide bonds. The van der Waals surface area contributed by atoms with Gasteiger partial charge in [0, 0.05) is 12.1 Å². The quantitative estimate of drug-likeness (QED) is 0.862. The van der Waals surface area contributed by atoms with Crippen molar-refractivity contribution >= 4 is 17.3 Å². The topological polar surface area (TPSA) is 46.2 Å². The minimum Gasteiger partial charge on any atom is -0.356 e. The predicted molar refractivity (Wildman–Crippen MR) is 66.6 cm³/mol. The molecule has 1 atom stereocenters. The van der Waals surface area contributed by atoms with Gasteiger partial charge in [0.2, 0.25) is 5.91 Å². The first kappa shape index (κ1) is 11.6. The molecule has 1 aromatic carbocycles. The molecule has 0 spiro atoms. The lowest BCUT2D eigenvalue weighted by Crippen LogP contribution is -2.29. The van der Waals surface area contributed by atoms with Crippen LogP contribution in [0.2, 0.25) is 0 Å². The first-order valence-corrected chi connectivity index (χ1v) is 5.78. The van der Waals surface area contributed by atoms with E-state index in [1.165, 1.54) is 0 Å². The van der Waals surface area contributed by atoms with Crippen molar-refractivity contribution < 1.29 is 9.59 Å². The van der Waals surface area contributed by atoms with E-state index in [2.05, 4.69) is 5.32 Å². The Labute approximate surface area is 101 Å². The van der Waals surface area contributed by atoms with E-state index in [9.17, 15) is 9.59 Å². The monoisotopic (exact) mass is 229 g/mol. The lowest BCUT2D eigenvalue weighted by molar-refractivity contribution is -0.122. The van der Waals surface area contributed by atoms with Crippen LogP contribution in [0.15, 0.2) is 30.3 Å². The highest BCUT2D eigenvalue weighted by Gasteiger charge is 2.27. The summed E-state index contributed by atoms with van der Waals surface area (Å²) in [5.41, 5.74) is 2.39. The molecule has 1 N–H and O–H groups in total. The van der Waals surface area contributed by atoms with Crippen LogP contribution >= 0.6 is 0 Å². The van der Waals surface area contributed by atoms with Gasteiger partial charge in [-0.25, -0.2) is 0 Å². The molecule has 0 radical (unpaired) electrons. The van der Waals surface area contributed by atoms with Crippen LogP contribution in [0.1, 0.15) is 29.8 Å². The van der Waals surface area contributed by atoms with Crippen molar-refractivity contribution in [3.8, 4) is 0 Å². The van der Waals surface area contributed by atoms with Crippen molar-refractivity contribution in [3.63, 3.8) is 0 Å². The number of benzene rings is 1. The van der Waals surface area contributed by atoms with Crippen molar-refractivity contribution in [2.24, 2.45) is 5.92 Å². The molecule has 3 nitrogen and oxygen atoms in total. The fraction of sp³-hybridized carbons (Fsp3) is 0.286. The van der Waals surface area contributed by atoms with E-state index in [1.54, 1.807) is 12.1 Å². The number of fused-ring (bicyclic) bond motifs is 1. The van der Waals surface area contributed by atoms with Crippen LogP contribution in [0.4, 0.5) is 0 Å². The van der Waals surface area contributed by atoms with Crippen LogP contribution in [0.3, 0.4) is 0 Å². The Kier molecular flexibility index (Phi) is 3.09. The second-order valence-corrected chi connectivity index (χ2v) is 4.13. The maximum Gasteiger partial charge on any atom is 0.227 e. The maximum atomic E-state index is 11.8. The summed E-state index contributed by atoms with van der Waals surface area (Å²) in [6.07, 6.45) is 1.57. The summed E-state index contributed by atoms with van der Waals surface area (Å²) >= 11 is 0. The molecule has 3 heteroatoms. The third-order valence-electron chi connectivity index (χ3n) is 3.00. The second-order valence-electron chi connectivity index (χ2n) is 4.13. The smallest absolute Gasteiger partial charge is 0.227 e. The molecular weight excluding hydrogens is 214 g/mol. The number of rotatable bonds is 3. The van der Waals surface area contributed by atoms with E-state index in [1.807, 2.05) is 32.0 Å². The van der Waals surface area contributed by atoms with Crippen molar-refractivity contribution in [2.75, 3.05) is 6.54 Å². The number of ketones is 1. The highest BCUT2D eigenvalue weighted by atomic mass is 16.2. The van der Waals surface area contributed by atoms with Crippen LogP contribution in [-0.4, -0.2) is 18.2 Å². The number of carbonyl (C=O) groups is 2. The molecule has 0 saturated carbocycles. The highest BCUT2D eigenvalue weighted by Crippen LogP contribution is 2.32. The first-order valence-electron chi connectivity index (χ1n) is 5.78. The van der Waals surface area contributed by atoms with E-state index >= 15 is 0 Å². The normalized spacial score (nSPS) is 15.2. The SMILES string of the molecule is CCNC(=O)C(C)C1=CC(=O)c2ccccc21. The molecule has 0 fully saturated rings. The largest absolute Gasteiger partial charge is 0.356 e. The summed E-state index contributed by atoms with van der Waals surface area (Å²) in [6, 6.07) is 7.41. The lowest BCUT2D eigenvalue weighted by atomic mass is 9.94. The second kappa shape index (κ2) is 4.53. The van der Waals surface area contributed by atoms with Gasteiger partial charge in [0.25, 0.3) is 0 Å². The van der Waals surface area contributed by atoms with Crippen LogP contribution in [0.5, 0.6) is 0 Å². The molecule has 2 rings (SSSR count). The Morgan fingerprint density at radius 1 is 1.29 bits per heavy atom. The first-order chi connectivity index (χ1) is 8.15. The van der Waals surface area contributed by atoms with Gasteiger partial charge in [-0.15, -0.1) is 0 Å². The maximum absolute atomic E-state index is 11.8. The summed E-state index contributed by atoms with van der Waals surface area (Å²) < 4.78 is 0. The van der Waals surface area contributed by atoms with Crippen molar-refractivity contribution in [3.05, 3.63) is 41.5 Å². The molecule has 1 aliphatic rings. The Morgan fingerprint density at radius 3 is 2.59 bits per heavy atom. The summed E-state index contributed by atoms with van der Waals surface area (Å²) in [5, 5.41) is 2.78. The highest BCUT2D eigenvalue weighted by molar-refractivity contribution is 6.18. The molecule has 17 heavy (non-hydrogen) atoms. The number of amides is 1. The number of nitrogens with one attached hydrogen (secondary N) is 1. The van der Waals surface area contributed by atoms with Gasteiger partial charge in [0.1, 0.15) is 0 Å². The van der Waals surface area contributed by atoms with Crippen LogP contribution < -0.4 is 5.32 Å². The third kappa shape index (κ3) is 2.00. The fourth-order valence-corrected chi connectivity index (χ4v) is 2.07. The molecule has 1 unspecified atom stereocenters. The molecule has 1 aliphatic carbocycles. The molecule has 0 saturated heterocycles. The van der Waals surface area contributed by atoms with Crippen LogP contribution in [0, 0.1) is 5.92 Å². The Balaban J connectivity index is 2.33. The Hall–Kier alpha value is -1.90. The third-order valence-corrected chi connectivity index (χ3v) is 3.00. The van der Waals surface area contributed by atoms with E-state index in [4.69, 9.17) is 0 Å². The van der Waals surface area contributed by atoms with E-state index in [-0.39, 0.29) is 17.6 Å². The Morgan fingerprint density at radius 2 is 1.94 bits per heavy atom. The van der Waals surface area contributed by atoms with Gasteiger partial charge in [-0.3, -0.25) is 9.59 Å². The van der Waals surface area contributed by atoms with Crippen LogP contribution in [-0.2, 0) is 4.79 Å². The van der Waals surface area contributed by atoms with Gasteiger partial charge in [-0.1, -0.05) is 24.3 Å². The summed E-state index contributed by atoms with van der Waals surface area (Å²) in [5.74, 6) is -0.336. The van der Waals surface area contributed by atoms with Crippen molar-refractivity contribution in [2.45, 2.75) is 13.8 Å². The van der Waals surface area contributed by atoms with E-state index in [0.29, 0.717) is 12.1 Å². The molecule has 1 aromatic rings. The van der Waals surface area contributed by atoms with Gasteiger partial charge >= 0.3 is 0 Å². The molecule has 0 heterocycles. The summed E-state index contributed by atoms with van der Waals surface area (Å²) in [6.45, 7) is 4.31. The minimum absolute atomic E-state index is 0.00764. The molecule has 0 aliphatic heterocycles. The predicted octanol–water partition coefficient (Wildman–Crippen LogP) is 2.04. The molecule has 88 valence electrons. The zero-order valence-electron chi connectivity index (χ0n) is 9.99. The lowest BCUT2D eigenvalue weighted by Gasteiger charge is -2.13. The number of hydrogen-bond acceptors (Lipinski definition) is 2. The summed E-state index contributed by atoms with van der Waals surface area (Å²) in [7, 11) is 0. The van der Waals surface area contributed by atoms with Crippen molar-refractivity contribution in [1.29, 1.82) is 0 Å². The molecule has 0 aromatic heterocycles. The minimum atomic E-state index is -0.289. The van der Waals surface area contributed by atoms with Crippen molar-refractivity contribution in [1.82, 2.24) is 5.32 Å². The van der Waals surface area contributed by atoms with Gasteiger partial charge in [0.15, 0.2) is 5.78 Å². The fourth-order valence-electron chi connectivity index (χ4n) is 2.07. The van der Waals surface area contributed by atoms with Gasteiger partial charge in [-0.2, -0.15) is 0 Å². The molecular formula is C14H15NO2. The van der Waals surface area contributed by atoms with E-state index in [0.717, 1.165) is 11.1 Å². The van der Waals surface area contributed by atoms with Gasteiger partial charge < -0.3 is 5.32 Å². The number of carbonyl (C=O) groups excluding carboxylic acids is 2. The van der Waals surface area contributed by atoms with Crippen LogP contribution in [0.25, 0.3) is 5.57 Å². The number of hydrogen-bond donors (Lipinski definition) is 1.